The summed E-state index contributed by atoms with van der Waals surface area (Å²) in [5.41, 5.74) is 6.96. The molecular formula is C16H15N3O2. The molecule has 0 radical (unpaired) electrons. The summed E-state index contributed by atoms with van der Waals surface area (Å²) in [4.78, 5) is 24.1. The number of hydrazine groups is 1. The molecule has 0 saturated carbocycles. The second-order valence-electron chi connectivity index (χ2n) is 4.84. The number of hydrogen-bond acceptors (Lipinski definition) is 3. The highest BCUT2D eigenvalue weighted by Gasteiger charge is 2.36. The highest BCUT2D eigenvalue weighted by atomic mass is 16.2. The van der Waals surface area contributed by atoms with Gasteiger partial charge >= 0.3 is 0 Å². The van der Waals surface area contributed by atoms with Crippen LogP contribution in [0.1, 0.15) is 22.0 Å². The van der Waals surface area contributed by atoms with Gasteiger partial charge in [0.05, 0.1) is 6.04 Å². The topological polar surface area (TPSA) is 70.2 Å². The molecule has 3 N–H and O–H groups in total. The maximum atomic E-state index is 12.2. The van der Waals surface area contributed by atoms with Gasteiger partial charge in [-0.2, -0.15) is 0 Å². The summed E-state index contributed by atoms with van der Waals surface area (Å²) in [6, 6.07) is 17.5. The minimum absolute atomic E-state index is 0.242. The Bertz CT molecular complexity index is 643. The Balaban J connectivity index is 1.79. The van der Waals surface area contributed by atoms with Crippen LogP contribution in [-0.4, -0.2) is 17.9 Å². The van der Waals surface area contributed by atoms with E-state index in [1.54, 1.807) is 24.3 Å². The van der Waals surface area contributed by atoms with E-state index in [9.17, 15) is 9.59 Å². The maximum absolute atomic E-state index is 12.2. The van der Waals surface area contributed by atoms with E-state index in [0.29, 0.717) is 5.56 Å². The van der Waals surface area contributed by atoms with Gasteiger partial charge in [0.1, 0.15) is 6.04 Å². The average Bonchev–Trinajstić information content (AvgIpc) is 2.90. The molecule has 1 aliphatic rings. The average molecular weight is 281 g/mol. The Morgan fingerprint density at radius 3 is 2.24 bits per heavy atom. The van der Waals surface area contributed by atoms with E-state index in [1.165, 1.54) is 0 Å². The molecule has 21 heavy (non-hydrogen) atoms. The zero-order valence-electron chi connectivity index (χ0n) is 11.2. The summed E-state index contributed by atoms with van der Waals surface area (Å²) in [7, 11) is 0. The van der Waals surface area contributed by atoms with Crippen LogP contribution in [0.5, 0.6) is 0 Å². The molecule has 0 spiro atoms. The number of carbonyl (C=O) groups excluding carboxylic acids is 2. The van der Waals surface area contributed by atoms with Crippen molar-refractivity contribution in [2.45, 2.75) is 12.1 Å². The number of hydrogen-bond donors (Lipinski definition) is 3. The second-order valence-corrected chi connectivity index (χ2v) is 4.84. The summed E-state index contributed by atoms with van der Waals surface area (Å²) in [6.45, 7) is 0. The van der Waals surface area contributed by atoms with E-state index in [4.69, 9.17) is 0 Å². The van der Waals surface area contributed by atoms with Crippen LogP contribution in [0, 0.1) is 0 Å². The van der Waals surface area contributed by atoms with E-state index >= 15 is 0 Å². The first-order valence-corrected chi connectivity index (χ1v) is 6.72. The van der Waals surface area contributed by atoms with Gasteiger partial charge in [0, 0.05) is 5.56 Å². The molecule has 2 aromatic carbocycles. The van der Waals surface area contributed by atoms with Gasteiger partial charge in [-0.05, 0) is 17.7 Å². The third-order valence-electron chi connectivity index (χ3n) is 3.45. The summed E-state index contributed by atoms with van der Waals surface area (Å²) >= 11 is 0. The van der Waals surface area contributed by atoms with Crippen molar-refractivity contribution in [1.82, 2.24) is 16.2 Å². The van der Waals surface area contributed by atoms with Crippen molar-refractivity contribution in [3.63, 3.8) is 0 Å². The van der Waals surface area contributed by atoms with Crippen molar-refractivity contribution in [2.24, 2.45) is 0 Å². The van der Waals surface area contributed by atoms with Gasteiger partial charge in [0.2, 0.25) is 0 Å². The molecule has 106 valence electrons. The Labute approximate surface area is 122 Å². The van der Waals surface area contributed by atoms with E-state index in [0.717, 1.165) is 5.56 Å². The number of benzene rings is 2. The van der Waals surface area contributed by atoms with E-state index in [1.807, 2.05) is 36.4 Å². The molecule has 2 atom stereocenters. The number of nitrogens with one attached hydrogen (secondary N) is 3. The molecule has 0 aliphatic carbocycles. The van der Waals surface area contributed by atoms with Crippen LogP contribution < -0.4 is 16.2 Å². The molecule has 1 aliphatic heterocycles. The molecule has 1 saturated heterocycles. The monoisotopic (exact) mass is 281 g/mol. The normalized spacial score (nSPS) is 20.9. The fourth-order valence-electron chi connectivity index (χ4n) is 2.36. The zero-order valence-corrected chi connectivity index (χ0v) is 11.2. The third kappa shape index (κ3) is 2.78. The van der Waals surface area contributed by atoms with Gasteiger partial charge in [0.25, 0.3) is 11.8 Å². The minimum Gasteiger partial charge on any atom is -0.338 e. The van der Waals surface area contributed by atoms with E-state index in [2.05, 4.69) is 16.2 Å². The highest BCUT2D eigenvalue weighted by molar-refractivity contribution is 5.98. The van der Waals surface area contributed by atoms with Crippen molar-refractivity contribution >= 4 is 11.8 Å². The molecule has 1 heterocycles. The molecule has 3 rings (SSSR count). The highest BCUT2D eigenvalue weighted by Crippen LogP contribution is 2.20. The Morgan fingerprint density at radius 1 is 0.952 bits per heavy atom. The Hall–Kier alpha value is -2.66. The Kier molecular flexibility index (Phi) is 3.66. The molecule has 0 unspecified atom stereocenters. The first-order valence-electron chi connectivity index (χ1n) is 6.72. The summed E-state index contributed by atoms with van der Waals surface area (Å²) < 4.78 is 0. The number of carbonyl (C=O) groups is 2. The van der Waals surface area contributed by atoms with Gasteiger partial charge in [-0.1, -0.05) is 48.5 Å². The second kappa shape index (κ2) is 5.76. The van der Waals surface area contributed by atoms with Crippen LogP contribution >= 0.6 is 0 Å². The van der Waals surface area contributed by atoms with Gasteiger partial charge < -0.3 is 5.32 Å². The molecule has 5 heteroatoms. The molecule has 2 aromatic rings. The van der Waals surface area contributed by atoms with E-state index in [-0.39, 0.29) is 17.9 Å². The van der Waals surface area contributed by atoms with Crippen LogP contribution in [-0.2, 0) is 4.79 Å². The standard InChI is InChI=1S/C16H15N3O2/c20-15(12-9-5-2-6-10-12)17-14-13(18-19-16(14)21)11-7-3-1-4-8-11/h1-10,13-14,18H,(H,17,20)(H,19,21)/t13-,14-/m0/s1. The first kappa shape index (κ1) is 13.3. The molecule has 0 bridgehead atoms. The van der Waals surface area contributed by atoms with Crippen LogP contribution in [0.4, 0.5) is 0 Å². The Morgan fingerprint density at radius 2 is 1.57 bits per heavy atom. The summed E-state index contributed by atoms with van der Waals surface area (Å²) in [6.07, 6.45) is 0. The summed E-state index contributed by atoms with van der Waals surface area (Å²) in [5.74, 6) is -0.506. The van der Waals surface area contributed by atoms with Gasteiger partial charge in [-0.15, -0.1) is 0 Å². The zero-order chi connectivity index (χ0) is 14.7. The maximum Gasteiger partial charge on any atom is 0.258 e. The molecule has 1 fully saturated rings. The van der Waals surface area contributed by atoms with Crippen molar-refractivity contribution in [3.05, 3.63) is 71.8 Å². The molecular weight excluding hydrogens is 266 g/mol. The third-order valence-corrected chi connectivity index (χ3v) is 3.45. The summed E-state index contributed by atoms with van der Waals surface area (Å²) in [5, 5.41) is 2.78. The number of amides is 2. The smallest absolute Gasteiger partial charge is 0.258 e. The van der Waals surface area contributed by atoms with Crippen LogP contribution in [0.25, 0.3) is 0 Å². The molecule has 0 aromatic heterocycles. The van der Waals surface area contributed by atoms with Crippen LogP contribution in [0.15, 0.2) is 60.7 Å². The lowest BCUT2D eigenvalue weighted by atomic mass is 10.0. The fraction of sp³-hybridized carbons (Fsp3) is 0.125. The van der Waals surface area contributed by atoms with Crippen LogP contribution in [0.3, 0.4) is 0 Å². The van der Waals surface area contributed by atoms with Crippen molar-refractivity contribution in [2.75, 3.05) is 0 Å². The van der Waals surface area contributed by atoms with Crippen LogP contribution in [0.2, 0.25) is 0 Å². The van der Waals surface area contributed by atoms with Crippen molar-refractivity contribution in [3.8, 4) is 0 Å². The largest absolute Gasteiger partial charge is 0.338 e. The fourth-order valence-corrected chi connectivity index (χ4v) is 2.36. The van der Waals surface area contributed by atoms with Gasteiger partial charge in [-0.25, -0.2) is 5.43 Å². The quantitative estimate of drug-likeness (QED) is 0.790. The first-order chi connectivity index (χ1) is 10.3. The minimum atomic E-state index is -0.639. The lowest BCUT2D eigenvalue weighted by Gasteiger charge is -2.18. The predicted molar refractivity (Wildman–Crippen MR) is 78.2 cm³/mol. The van der Waals surface area contributed by atoms with Crippen molar-refractivity contribution < 1.29 is 9.59 Å². The predicted octanol–water partition coefficient (Wildman–Crippen LogP) is 1.16. The van der Waals surface area contributed by atoms with Gasteiger partial charge in [-0.3, -0.25) is 15.0 Å². The van der Waals surface area contributed by atoms with Crippen molar-refractivity contribution in [1.29, 1.82) is 0 Å². The number of rotatable bonds is 3. The lowest BCUT2D eigenvalue weighted by Crippen LogP contribution is -2.42. The SMILES string of the molecule is O=C(N[C@@H]1C(=O)NN[C@H]1c1ccccc1)c1ccccc1. The van der Waals surface area contributed by atoms with Gasteiger partial charge in [0.15, 0.2) is 0 Å². The van der Waals surface area contributed by atoms with E-state index < -0.39 is 6.04 Å². The molecule has 5 nitrogen and oxygen atoms in total. The lowest BCUT2D eigenvalue weighted by molar-refractivity contribution is -0.121. The molecule has 2 amide bonds.